The van der Waals surface area contributed by atoms with Crippen molar-refractivity contribution >= 4 is 17.2 Å². The molecule has 21 heavy (non-hydrogen) atoms. The molecule has 1 aliphatic heterocycles. The smallest absolute Gasteiger partial charge is 0.385 e. The van der Waals surface area contributed by atoms with Gasteiger partial charge in [0.1, 0.15) is 5.82 Å². The quantitative estimate of drug-likeness (QED) is 0.871. The van der Waals surface area contributed by atoms with Gasteiger partial charge in [-0.2, -0.15) is 13.2 Å². The zero-order valence-electron chi connectivity index (χ0n) is 11.2. The first-order valence-electron chi connectivity index (χ1n) is 6.70. The molecule has 1 aliphatic rings. The number of aryl methyl sites for hydroxylation is 1. The molecule has 0 saturated heterocycles. The standard InChI is InChI=1S/C15H14F3N3/c16-15(17,18)12-4-2-8-20-14(12)21-11-5-6-13-10(9-11)3-1-7-19-13/h2,4-6,8-9,19H,1,3,7H2,(H,20,21). The molecule has 3 rings (SSSR count). The third-order valence-corrected chi connectivity index (χ3v) is 3.42. The second-order valence-electron chi connectivity index (χ2n) is 4.92. The van der Waals surface area contributed by atoms with E-state index in [2.05, 4.69) is 15.6 Å². The van der Waals surface area contributed by atoms with Crippen molar-refractivity contribution in [2.24, 2.45) is 0 Å². The van der Waals surface area contributed by atoms with E-state index in [-0.39, 0.29) is 5.82 Å². The average Bonchev–Trinajstić information content (AvgIpc) is 2.46. The van der Waals surface area contributed by atoms with Crippen molar-refractivity contribution in [2.75, 3.05) is 17.2 Å². The van der Waals surface area contributed by atoms with Gasteiger partial charge in [-0.3, -0.25) is 0 Å². The minimum absolute atomic E-state index is 0.172. The van der Waals surface area contributed by atoms with Crippen LogP contribution < -0.4 is 10.6 Å². The summed E-state index contributed by atoms with van der Waals surface area (Å²) in [6.45, 7) is 0.929. The molecule has 0 amide bonds. The number of nitrogens with one attached hydrogen (secondary N) is 2. The SMILES string of the molecule is FC(F)(F)c1cccnc1Nc1ccc2c(c1)CCCN2. The molecule has 0 spiro atoms. The predicted molar refractivity (Wildman–Crippen MR) is 75.8 cm³/mol. The van der Waals surface area contributed by atoms with Gasteiger partial charge in [0.2, 0.25) is 0 Å². The van der Waals surface area contributed by atoms with Crippen molar-refractivity contribution in [2.45, 2.75) is 19.0 Å². The van der Waals surface area contributed by atoms with Crippen LogP contribution in [0.1, 0.15) is 17.5 Å². The summed E-state index contributed by atoms with van der Waals surface area (Å²) >= 11 is 0. The van der Waals surface area contributed by atoms with Crippen LogP contribution in [-0.4, -0.2) is 11.5 Å². The van der Waals surface area contributed by atoms with E-state index in [4.69, 9.17) is 0 Å². The number of halogens is 3. The van der Waals surface area contributed by atoms with E-state index in [1.54, 1.807) is 6.07 Å². The van der Waals surface area contributed by atoms with Crippen LogP contribution in [0.2, 0.25) is 0 Å². The normalized spacial score (nSPS) is 14.2. The Bertz CT molecular complexity index is 653. The summed E-state index contributed by atoms with van der Waals surface area (Å²) in [5, 5.41) is 6.04. The van der Waals surface area contributed by atoms with E-state index >= 15 is 0 Å². The Kier molecular flexibility index (Phi) is 3.45. The molecular weight excluding hydrogens is 279 g/mol. The summed E-state index contributed by atoms with van der Waals surface area (Å²) in [7, 11) is 0. The molecule has 0 atom stereocenters. The number of benzene rings is 1. The highest BCUT2D eigenvalue weighted by Gasteiger charge is 2.34. The molecule has 0 unspecified atom stereocenters. The zero-order valence-corrected chi connectivity index (χ0v) is 11.2. The van der Waals surface area contributed by atoms with E-state index in [9.17, 15) is 13.2 Å². The van der Waals surface area contributed by atoms with Crippen molar-refractivity contribution in [1.29, 1.82) is 0 Å². The van der Waals surface area contributed by atoms with Gasteiger partial charge in [-0.25, -0.2) is 4.98 Å². The maximum absolute atomic E-state index is 12.9. The van der Waals surface area contributed by atoms with E-state index in [0.29, 0.717) is 5.69 Å². The van der Waals surface area contributed by atoms with Gasteiger partial charge >= 0.3 is 6.18 Å². The lowest BCUT2D eigenvalue weighted by Crippen LogP contribution is -2.12. The van der Waals surface area contributed by atoms with Crippen LogP contribution in [0.3, 0.4) is 0 Å². The largest absolute Gasteiger partial charge is 0.419 e. The molecule has 0 fully saturated rings. The van der Waals surface area contributed by atoms with Crippen molar-refractivity contribution in [3.05, 3.63) is 47.7 Å². The third-order valence-electron chi connectivity index (χ3n) is 3.42. The zero-order chi connectivity index (χ0) is 14.9. The highest BCUT2D eigenvalue weighted by Crippen LogP contribution is 2.35. The molecule has 110 valence electrons. The molecule has 1 aromatic carbocycles. The van der Waals surface area contributed by atoms with Crippen molar-refractivity contribution in [1.82, 2.24) is 4.98 Å². The topological polar surface area (TPSA) is 37.0 Å². The van der Waals surface area contributed by atoms with E-state index < -0.39 is 11.7 Å². The number of fused-ring (bicyclic) bond motifs is 1. The van der Waals surface area contributed by atoms with Crippen LogP contribution in [0.4, 0.5) is 30.4 Å². The molecule has 1 aromatic heterocycles. The Morgan fingerprint density at radius 1 is 1.19 bits per heavy atom. The molecule has 3 nitrogen and oxygen atoms in total. The predicted octanol–water partition coefficient (Wildman–Crippen LogP) is 4.20. The number of rotatable bonds is 2. The molecule has 2 N–H and O–H groups in total. The Labute approximate surface area is 120 Å². The van der Waals surface area contributed by atoms with E-state index in [1.807, 2.05) is 12.1 Å². The first-order valence-corrected chi connectivity index (χ1v) is 6.70. The number of anilines is 3. The second-order valence-corrected chi connectivity index (χ2v) is 4.92. The summed E-state index contributed by atoms with van der Waals surface area (Å²) in [6.07, 6.45) is -1.13. The average molecular weight is 293 g/mol. The highest BCUT2D eigenvalue weighted by atomic mass is 19.4. The fourth-order valence-corrected chi connectivity index (χ4v) is 2.42. The Morgan fingerprint density at radius 2 is 2.05 bits per heavy atom. The van der Waals surface area contributed by atoms with Gasteiger partial charge in [0.05, 0.1) is 5.56 Å². The fourth-order valence-electron chi connectivity index (χ4n) is 2.42. The number of hydrogen-bond acceptors (Lipinski definition) is 3. The third kappa shape index (κ3) is 2.94. The van der Waals surface area contributed by atoms with Gasteiger partial charge in [-0.15, -0.1) is 0 Å². The molecule has 0 saturated carbocycles. The first-order chi connectivity index (χ1) is 10.0. The van der Waals surface area contributed by atoms with Crippen LogP contribution in [0.15, 0.2) is 36.5 Å². The molecule has 2 aromatic rings. The Hall–Kier alpha value is -2.24. The highest BCUT2D eigenvalue weighted by molar-refractivity contribution is 5.66. The summed E-state index contributed by atoms with van der Waals surface area (Å²) in [5.74, 6) is -0.172. The van der Waals surface area contributed by atoms with Gasteiger partial charge in [-0.05, 0) is 48.7 Å². The summed E-state index contributed by atoms with van der Waals surface area (Å²) in [5.41, 5.74) is 2.00. The van der Waals surface area contributed by atoms with Crippen molar-refractivity contribution < 1.29 is 13.2 Å². The lowest BCUT2D eigenvalue weighted by Gasteiger charge is -2.19. The van der Waals surface area contributed by atoms with Gasteiger partial charge in [0.25, 0.3) is 0 Å². The van der Waals surface area contributed by atoms with Gasteiger partial charge in [-0.1, -0.05) is 0 Å². The summed E-state index contributed by atoms with van der Waals surface area (Å²) < 4.78 is 38.8. The molecule has 0 aliphatic carbocycles. The molecule has 0 bridgehead atoms. The van der Waals surface area contributed by atoms with Gasteiger partial charge in [0, 0.05) is 24.1 Å². The monoisotopic (exact) mass is 293 g/mol. The fraction of sp³-hybridized carbons (Fsp3) is 0.267. The maximum Gasteiger partial charge on any atom is 0.419 e. The molecular formula is C15H14F3N3. The van der Waals surface area contributed by atoms with E-state index in [1.165, 1.54) is 12.3 Å². The summed E-state index contributed by atoms with van der Waals surface area (Å²) in [4.78, 5) is 3.81. The first kappa shape index (κ1) is 13.7. The second kappa shape index (κ2) is 5.27. The minimum atomic E-state index is -4.42. The number of pyridine rings is 1. The minimum Gasteiger partial charge on any atom is -0.385 e. The number of aromatic nitrogens is 1. The Morgan fingerprint density at radius 3 is 2.86 bits per heavy atom. The van der Waals surface area contributed by atoms with Crippen LogP contribution in [0.5, 0.6) is 0 Å². The van der Waals surface area contributed by atoms with E-state index in [0.717, 1.165) is 36.7 Å². The number of alkyl halides is 3. The summed E-state index contributed by atoms with van der Waals surface area (Å²) in [6, 6.07) is 7.81. The maximum atomic E-state index is 12.9. The van der Waals surface area contributed by atoms with Gasteiger partial charge in [0.15, 0.2) is 0 Å². The lowest BCUT2D eigenvalue weighted by molar-refractivity contribution is -0.137. The van der Waals surface area contributed by atoms with Crippen LogP contribution in [-0.2, 0) is 12.6 Å². The molecule has 0 radical (unpaired) electrons. The molecule has 6 heteroatoms. The Balaban J connectivity index is 1.91. The number of nitrogens with zero attached hydrogens (tertiary/aromatic N) is 1. The molecule has 2 heterocycles. The number of hydrogen-bond donors (Lipinski definition) is 2. The van der Waals surface area contributed by atoms with Crippen LogP contribution in [0, 0.1) is 0 Å². The van der Waals surface area contributed by atoms with Crippen LogP contribution >= 0.6 is 0 Å². The van der Waals surface area contributed by atoms with Gasteiger partial charge < -0.3 is 10.6 Å². The van der Waals surface area contributed by atoms with Crippen molar-refractivity contribution in [3.8, 4) is 0 Å². The van der Waals surface area contributed by atoms with Crippen molar-refractivity contribution in [3.63, 3.8) is 0 Å². The lowest BCUT2D eigenvalue weighted by atomic mass is 10.0. The van der Waals surface area contributed by atoms with Crippen LogP contribution in [0.25, 0.3) is 0 Å².